The van der Waals surface area contributed by atoms with Crippen LogP contribution >= 0.6 is 0 Å². The van der Waals surface area contributed by atoms with Crippen LogP contribution in [0.25, 0.3) is 0 Å². The molecule has 0 saturated heterocycles. The third-order valence-electron chi connectivity index (χ3n) is 3.82. The largest absolute Gasteiger partial charge is 0.385 e. The summed E-state index contributed by atoms with van der Waals surface area (Å²) in [6.07, 6.45) is 4.80. The highest BCUT2D eigenvalue weighted by Crippen LogP contribution is 2.29. The number of nitro groups is 1. The van der Waals surface area contributed by atoms with E-state index in [2.05, 4.69) is 17.6 Å². The Kier molecular flexibility index (Phi) is 4.82. The van der Waals surface area contributed by atoms with E-state index in [0.29, 0.717) is 6.04 Å². The number of non-ortho nitro benzene ring substituents is 1. The molecule has 0 aliphatic heterocycles. The van der Waals surface area contributed by atoms with Gasteiger partial charge in [-0.1, -0.05) is 19.8 Å². The Morgan fingerprint density at radius 2 is 2.05 bits per heavy atom. The smallest absolute Gasteiger partial charge is 0.273 e. The zero-order valence-electron chi connectivity index (χ0n) is 12.2. The van der Waals surface area contributed by atoms with Crippen molar-refractivity contribution >= 4 is 17.1 Å². The van der Waals surface area contributed by atoms with E-state index in [9.17, 15) is 10.1 Å². The average Bonchev–Trinajstić information content (AvgIpc) is 2.38. The fourth-order valence-electron chi connectivity index (χ4n) is 2.91. The van der Waals surface area contributed by atoms with E-state index in [4.69, 9.17) is 0 Å². The molecule has 2 rings (SSSR count). The van der Waals surface area contributed by atoms with Crippen LogP contribution < -0.4 is 10.6 Å². The van der Waals surface area contributed by atoms with Crippen LogP contribution in [-0.2, 0) is 0 Å². The van der Waals surface area contributed by atoms with E-state index in [1.54, 1.807) is 12.1 Å². The second kappa shape index (κ2) is 6.59. The minimum Gasteiger partial charge on any atom is -0.385 e. The van der Waals surface area contributed by atoms with Crippen molar-refractivity contribution in [2.24, 2.45) is 5.92 Å². The van der Waals surface area contributed by atoms with E-state index in [-0.39, 0.29) is 10.6 Å². The van der Waals surface area contributed by atoms with Gasteiger partial charge in [0.15, 0.2) is 0 Å². The van der Waals surface area contributed by atoms with Gasteiger partial charge in [-0.05, 0) is 31.7 Å². The van der Waals surface area contributed by atoms with Gasteiger partial charge in [-0.2, -0.15) is 0 Å². The van der Waals surface area contributed by atoms with Gasteiger partial charge in [-0.3, -0.25) is 10.1 Å². The summed E-state index contributed by atoms with van der Waals surface area (Å²) in [5.74, 6) is 0.730. The number of anilines is 2. The molecule has 2 atom stereocenters. The van der Waals surface area contributed by atoms with Crippen molar-refractivity contribution in [2.45, 2.75) is 45.6 Å². The van der Waals surface area contributed by atoms with Crippen LogP contribution in [0.4, 0.5) is 17.1 Å². The first-order valence-corrected chi connectivity index (χ1v) is 7.38. The van der Waals surface area contributed by atoms with E-state index < -0.39 is 0 Å². The van der Waals surface area contributed by atoms with Crippen molar-refractivity contribution < 1.29 is 4.92 Å². The number of hydrogen-bond donors (Lipinski definition) is 2. The first-order valence-electron chi connectivity index (χ1n) is 7.38. The number of benzene rings is 1. The molecule has 0 heterocycles. The lowest BCUT2D eigenvalue weighted by molar-refractivity contribution is -0.384. The first-order chi connectivity index (χ1) is 9.58. The van der Waals surface area contributed by atoms with E-state index in [1.165, 1.54) is 12.8 Å². The fraction of sp³-hybridized carbons (Fsp3) is 0.600. The Balaban J connectivity index is 2.14. The van der Waals surface area contributed by atoms with Crippen molar-refractivity contribution in [3.8, 4) is 0 Å². The van der Waals surface area contributed by atoms with Gasteiger partial charge < -0.3 is 10.6 Å². The Morgan fingerprint density at radius 1 is 1.30 bits per heavy atom. The van der Waals surface area contributed by atoms with Gasteiger partial charge in [-0.25, -0.2) is 0 Å². The molecule has 2 N–H and O–H groups in total. The standard InChI is InChI=1S/C15H23N3O2/c1-3-16-13-8-14(10-15(9-13)18(19)20)17-12-6-4-5-11(2)7-12/h8-12,16-17H,3-7H2,1-2H3. The molecule has 1 aromatic rings. The summed E-state index contributed by atoms with van der Waals surface area (Å²) in [7, 11) is 0. The van der Waals surface area contributed by atoms with E-state index in [1.807, 2.05) is 13.0 Å². The Bertz CT molecular complexity index is 476. The highest BCUT2D eigenvalue weighted by Gasteiger charge is 2.19. The van der Waals surface area contributed by atoms with Crippen LogP contribution in [0.3, 0.4) is 0 Å². The predicted octanol–water partition coefficient (Wildman–Crippen LogP) is 4.02. The van der Waals surface area contributed by atoms with Crippen molar-refractivity contribution in [1.29, 1.82) is 0 Å². The Hall–Kier alpha value is -1.78. The van der Waals surface area contributed by atoms with Crippen LogP contribution in [0.2, 0.25) is 0 Å². The van der Waals surface area contributed by atoms with Gasteiger partial charge >= 0.3 is 0 Å². The zero-order valence-corrected chi connectivity index (χ0v) is 12.2. The van der Waals surface area contributed by atoms with Gasteiger partial charge in [0.25, 0.3) is 5.69 Å². The highest BCUT2D eigenvalue weighted by atomic mass is 16.6. The van der Waals surface area contributed by atoms with Crippen molar-refractivity contribution in [2.75, 3.05) is 17.2 Å². The number of nitro benzene ring substituents is 1. The quantitative estimate of drug-likeness (QED) is 0.630. The molecule has 0 aromatic heterocycles. The molecule has 1 aliphatic rings. The average molecular weight is 277 g/mol. The number of hydrogen-bond acceptors (Lipinski definition) is 4. The summed E-state index contributed by atoms with van der Waals surface area (Å²) >= 11 is 0. The van der Waals surface area contributed by atoms with Gasteiger partial charge in [-0.15, -0.1) is 0 Å². The van der Waals surface area contributed by atoms with Crippen LogP contribution in [0.1, 0.15) is 39.5 Å². The summed E-state index contributed by atoms with van der Waals surface area (Å²) < 4.78 is 0. The van der Waals surface area contributed by atoms with Gasteiger partial charge in [0, 0.05) is 36.1 Å². The Labute approximate surface area is 119 Å². The normalized spacial score (nSPS) is 22.3. The molecule has 5 heteroatoms. The molecule has 1 saturated carbocycles. The lowest BCUT2D eigenvalue weighted by Crippen LogP contribution is -2.26. The molecule has 1 aromatic carbocycles. The minimum atomic E-state index is -0.338. The maximum absolute atomic E-state index is 11.0. The molecule has 110 valence electrons. The van der Waals surface area contributed by atoms with E-state index >= 15 is 0 Å². The number of rotatable bonds is 5. The molecule has 0 radical (unpaired) electrons. The summed E-state index contributed by atoms with van der Waals surface area (Å²) in [5.41, 5.74) is 1.78. The second-order valence-corrected chi connectivity index (χ2v) is 5.67. The maximum Gasteiger partial charge on any atom is 0.273 e. The van der Waals surface area contributed by atoms with Gasteiger partial charge in [0.2, 0.25) is 0 Å². The second-order valence-electron chi connectivity index (χ2n) is 5.67. The molecular weight excluding hydrogens is 254 g/mol. The molecule has 5 nitrogen and oxygen atoms in total. The Morgan fingerprint density at radius 3 is 2.70 bits per heavy atom. The molecule has 20 heavy (non-hydrogen) atoms. The predicted molar refractivity (Wildman–Crippen MR) is 82.3 cm³/mol. The molecule has 0 spiro atoms. The van der Waals surface area contributed by atoms with Crippen molar-refractivity contribution in [3.63, 3.8) is 0 Å². The van der Waals surface area contributed by atoms with Crippen molar-refractivity contribution in [3.05, 3.63) is 28.3 Å². The summed E-state index contributed by atoms with van der Waals surface area (Å²) in [6, 6.07) is 5.59. The first kappa shape index (κ1) is 14.6. The third kappa shape index (κ3) is 3.85. The van der Waals surface area contributed by atoms with Crippen LogP contribution in [-0.4, -0.2) is 17.5 Å². The lowest BCUT2D eigenvalue weighted by Gasteiger charge is -2.28. The summed E-state index contributed by atoms with van der Waals surface area (Å²) in [6.45, 7) is 5.00. The lowest BCUT2D eigenvalue weighted by atomic mass is 9.87. The molecule has 1 aliphatic carbocycles. The molecule has 1 fully saturated rings. The molecular formula is C15H23N3O2. The SMILES string of the molecule is CCNc1cc(NC2CCCC(C)C2)cc([N+](=O)[O-])c1. The molecule has 0 amide bonds. The maximum atomic E-state index is 11.0. The number of nitrogens with one attached hydrogen (secondary N) is 2. The van der Waals surface area contributed by atoms with E-state index in [0.717, 1.165) is 36.7 Å². The van der Waals surface area contributed by atoms with Crippen LogP contribution in [0.15, 0.2) is 18.2 Å². The van der Waals surface area contributed by atoms with Crippen LogP contribution in [0, 0.1) is 16.0 Å². The topological polar surface area (TPSA) is 67.2 Å². The van der Waals surface area contributed by atoms with Crippen LogP contribution in [0.5, 0.6) is 0 Å². The molecule has 2 unspecified atom stereocenters. The zero-order chi connectivity index (χ0) is 14.5. The monoisotopic (exact) mass is 277 g/mol. The summed E-state index contributed by atoms with van der Waals surface area (Å²) in [5, 5.41) is 17.6. The number of nitrogens with zero attached hydrogens (tertiary/aromatic N) is 1. The fourth-order valence-corrected chi connectivity index (χ4v) is 2.91. The molecule has 0 bridgehead atoms. The highest BCUT2D eigenvalue weighted by molar-refractivity contribution is 5.63. The third-order valence-corrected chi connectivity index (χ3v) is 3.82. The minimum absolute atomic E-state index is 0.134. The van der Waals surface area contributed by atoms with Gasteiger partial charge in [0.05, 0.1) is 4.92 Å². The van der Waals surface area contributed by atoms with Gasteiger partial charge in [0.1, 0.15) is 0 Å². The summed E-state index contributed by atoms with van der Waals surface area (Å²) in [4.78, 5) is 10.7. The van der Waals surface area contributed by atoms with Crippen molar-refractivity contribution in [1.82, 2.24) is 0 Å².